The van der Waals surface area contributed by atoms with Crippen molar-refractivity contribution in [2.24, 2.45) is 11.3 Å². The molecule has 252 valence electrons. The van der Waals surface area contributed by atoms with Crippen molar-refractivity contribution < 1.29 is 14.6 Å². The topological polar surface area (TPSA) is 83.7 Å². The molecular formula is C39H53N5O3. The summed E-state index contributed by atoms with van der Waals surface area (Å²) < 4.78 is 7.56. The average Bonchev–Trinajstić information content (AvgIpc) is 3.58. The van der Waals surface area contributed by atoms with Crippen LogP contribution in [0.2, 0.25) is 0 Å². The molecular weight excluding hydrogens is 586 g/mol. The molecule has 0 spiro atoms. The van der Waals surface area contributed by atoms with Crippen molar-refractivity contribution >= 4 is 11.7 Å². The molecule has 1 saturated heterocycles. The first-order chi connectivity index (χ1) is 22.5. The maximum Gasteiger partial charge on any atom is 0.231 e. The number of rotatable bonds is 8. The van der Waals surface area contributed by atoms with Gasteiger partial charge in [-0.15, -0.1) is 0 Å². The minimum Gasteiger partial charge on any atom is -0.496 e. The number of hydrogen-bond acceptors (Lipinski definition) is 6. The highest BCUT2D eigenvalue weighted by Crippen LogP contribution is 2.58. The lowest BCUT2D eigenvalue weighted by Gasteiger charge is -2.55. The Balaban J connectivity index is 1.13. The Morgan fingerprint density at radius 1 is 1.00 bits per heavy atom. The van der Waals surface area contributed by atoms with E-state index in [0.717, 1.165) is 107 Å². The Hall–Kier alpha value is -3.23. The van der Waals surface area contributed by atoms with E-state index in [2.05, 4.69) is 67.8 Å². The average molecular weight is 640 g/mol. The lowest BCUT2D eigenvalue weighted by molar-refractivity contribution is -0.125. The van der Waals surface area contributed by atoms with Crippen molar-refractivity contribution in [1.82, 2.24) is 19.7 Å². The molecule has 4 saturated carbocycles. The second-order valence-corrected chi connectivity index (χ2v) is 16.2. The number of anilines is 1. The second kappa shape index (κ2) is 12.3. The van der Waals surface area contributed by atoms with Crippen molar-refractivity contribution in [3.05, 3.63) is 59.9 Å². The predicted octanol–water partition coefficient (Wildman–Crippen LogP) is 6.88. The molecule has 2 bridgehead atoms. The maximum atomic E-state index is 14.6. The van der Waals surface area contributed by atoms with Crippen molar-refractivity contribution in [2.45, 2.75) is 115 Å². The van der Waals surface area contributed by atoms with Gasteiger partial charge in [0, 0.05) is 49.6 Å². The van der Waals surface area contributed by atoms with Gasteiger partial charge in [-0.3, -0.25) is 19.3 Å². The third-order valence-electron chi connectivity index (χ3n) is 12.2. The summed E-state index contributed by atoms with van der Waals surface area (Å²) >= 11 is 0. The van der Waals surface area contributed by atoms with Gasteiger partial charge in [0.25, 0.3) is 0 Å². The summed E-state index contributed by atoms with van der Waals surface area (Å²) in [6.07, 6.45) is 14.4. The molecule has 5 aliphatic rings. The number of carbonyl (C=O) groups is 1. The van der Waals surface area contributed by atoms with Crippen LogP contribution in [0.15, 0.2) is 48.8 Å². The minimum absolute atomic E-state index is 0.00736. The van der Waals surface area contributed by atoms with Gasteiger partial charge in [0.15, 0.2) is 0 Å². The highest BCUT2D eigenvalue weighted by Gasteiger charge is 2.51. The van der Waals surface area contributed by atoms with Gasteiger partial charge in [-0.05, 0) is 138 Å². The van der Waals surface area contributed by atoms with Crippen LogP contribution in [-0.4, -0.2) is 69.6 Å². The highest BCUT2D eigenvalue weighted by molar-refractivity contribution is 5.95. The molecule has 47 heavy (non-hydrogen) atoms. The van der Waals surface area contributed by atoms with E-state index in [1.807, 2.05) is 23.1 Å². The van der Waals surface area contributed by atoms with Crippen molar-refractivity contribution in [1.29, 1.82) is 0 Å². The fraction of sp³-hybridized carbons (Fsp3) is 0.615. The predicted molar refractivity (Wildman–Crippen MR) is 186 cm³/mol. The van der Waals surface area contributed by atoms with E-state index in [1.165, 1.54) is 11.1 Å². The Kier molecular flexibility index (Phi) is 8.49. The van der Waals surface area contributed by atoms with Crippen LogP contribution in [0, 0.1) is 18.3 Å². The highest BCUT2D eigenvalue weighted by atomic mass is 16.5. The molecule has 3 heterocycles. The molecule has 1 aromatic carbocycles. The lowest BCUT2D eigenvalue weighted by atomic mass is 9.51. The molecule has 4 aliphatic carbocycles. The zero-order chi connectivity index (χ0) is 33.0. The van der Waals surface area contributed by atoms with Gasteiger partial charge >= 0.3 is 0 Å². The number of aromatic nitrogens is 3. The van der Waals surface area contributed by atoms with Crippen molar-refractivity contribution in [3.63, 3.8) is 0 Å². The summed E-state index contributed by atoms with van der Waals surface area (Å²) in [5.41, 5.74) is 4.78. The zero-order valence-corrected chi connectivity index (χ0v) is 29.0. The molecule has 0 unspecified atom stereocenters. The molecule has 0 radical (unpaired) electrons. The lowest BCUT2D eigenvalue weighted by Crippen LogP contribution is -2.56. The van der Waals surface area contributed by atoms with Crippen LogP contribution in [-0.2, 0) is 15.7 Å². The van der Waals surface area contributed by atoms with E-state index in [0.29, 0.717) is 6.04 Å². The first kappa shape index (κ1) is 32.3. The standard InChI is InChI=1S/C39H53N5O3/c1-27-22-30(8-11-34(27)47-5)39-17-14-38(15-18-39,16-19-39)26-43(36(46)28-6-9-31(10-7-28)42-24-32(45)25-42)35-23-29(12-20-40-35)33-13-21-44(41-33)37(2,3)4/h8,11-13,20-23,28,31-32,45H,6-7,9-10,14-19,24-26H2,1-5H3. The van der Waals surface area contributed by atoms with Crippen LogP contribution in [0.4, 0.5) is 5.82 Å². The summed E-state index contributed by atoms with van der Waals surface area (Å²) in [4.78, 5) is 24.0. The molecule has 2 aromatic heterocycles. The van der Waals surface area contributed by atoms with Crippen LogP contribution in [0.3, 0.4) is 0 Å². The largest absolute Gasteiger partial charge is 0.496 e. The van der Waals surface area contributed by atoms with Gasteiger partial charge in [0.2, 0.25) is 5.91 Å². The number of fused-ring (bicyclic) bond motifs is 3. The Morgan fingerprint density at radius 2 is 1.70 bits per heavy atom. The van der Waals surface area contributed by atoms with Gasteiger partial charge in [0.1, 0.15) is 11.6 Å². The van der Waals surface area contributed by atoms with Gasteiger partial charge in [-0.25, -0.2) is 4.98 Å². The number of likely N-dealkylation sites (tertiary alicyclic amines) is 1. The SMILES string of the molecule is COc1ccc(C23CCC(CN(C(=O)C4CCC(N5CC(O)C5)CC4)c4cc(-c5ccn(C(C)(C)C)n5)ccn4)(CC2)CC3)cc1C. The number of β-amino-alcohol motifs (C(OH)–C–C–N with tert-alkyl or cyclic N) is 1. The third-order valence-corrected chi connectivity index (χ3v) is 12.2. The van der Waals surface area contributed by atoms with Crippen LogP contribution in [0.1, 0.15) is 96.1 Å². The Morgan fingerprint density at radius 3 is 2.30 bits per heavy atom. The third kappa shape index (κ3) is 6.24. The van der Waals surface area contributed by atoms with E-state index in [9.17, 15) is 9.90 Å². The molecule has 1 amide bonds. The molecule has 8 heteroatoms. The number of nitrogens with zero attached hydrogens (tertiary/aromatic N) is 5. The maximum absolute atomic E-state index is 14.6. The Bertz CT molecular complexity index is 1570. The fourth-order valence-corrected chi connectivity index (χ4v) is 9.02. The van der Waals surface area contributed by atoms with Gasteiger partial charge in [-0.1, -0.05) is 12.1 Å². The van der Waals surface area contributed by atoms with E-state index in [1.54, 1.807) is 7.11 Å². The van der Waals surface area contributed by atoms with Crippen LogP contribution in [0.25, 0.3) is 11.3 Å². The van der Waals surface area contributed by atoms with Crippen LogP contribution in [0.5, 0.6) is 5.75 Å². The molecule has 3 aromatic rings. The van der Waals surface area contributed by atoms with Crippen LogP contribution >= 0.6 is 0 Å². The number of hydrogen-bond donors (Lipinski definition) is 1. The number of carbonyl (C=O) groups excluding carboxylic acids is 1. The number of pyridine rings is 1. The molecule has 1 N–H and O–H groups in total. The van der Waals surface area contributed by atoms with Gasteiger partial charge in [-0.2, -0.15) is 5.10 Å². The van der Waals surface area contributed by atoms with Crippen molar-refractivity contribution in [2.75, 3.05) is 31.6 Å². The summed E-state index contributed by atoms with van der Waals surface area (Å²) in [6, 6.07) is 13.4. The van der Waals surface area contributed by atoms with Gasteiger partial charge < -0.3 is 9.84 Å². The smallest absolute Gasteiger partial charge is 0.231 e. The number of aryl methyl sites for hydroxylation is 1. The van der Waals surface area contributed by atoms with Gasteiger partial charge in [0.05, 0.1) is 24.4 Å². The molecule has 1 aliphatic heterocycles. The van der Waals surface area contributed by atoms with Crippen LogP contribution < -0.4 is 9.64 Å². The number of ether oxygens (including phenoxy) is 1. The van der Waals surface area contributed by atoms with E-state index >= 15 is 0 Å². The molecule has 0 atom stereocenters. The zero-order valence-electron chi connectivity index (χ0n) is 29.0. The number of methoxy groups -OCH3 is 1. The summed E-state index contributed by atoms with van der Waals surface area (Å²) in [7, 11) is 1.75. The number of benzene rings is 1. The summed E-state index contributed by atoms with van der Waals surface area (Å²) in [5.74, 6) is 1.96. The minimum atomic E-state index is -0.185. The first-order valence-electron chi connectivity index (χ1n) is 17.9. The van der Waals surface area contributed by atoms with E-state index in [4.69, 9.17) is 14.8 Å². The second-order valence-electron chi connectivity index (χ2n) is 16.2. The number of aliphatic hydroxyl groups is 1. The van der Waals surface area contributed by atoms with E-state index < -0.39 is 0 Å². The first-order valence-corrected chi connectivity index (χ1v) is 17.9. The van der Waals surface area contributed by atoms with E-state index in [-0.39, 0.29) is 34.3 Å². The quantitative estimate of drug-likeness (QED) is 0.290. The molecule has 8 rings (SSSR count). The normalized spacial score (nSPS) is 28.2. The molecule has 5 fully saturated rings. The summed E-state index contributed by atoms with van der Waals surface area (Å²) in [5, 5.41) is 14.7. The summed E-state index contributed by atoms with van der Waals surface area (Å²) in [6.45, 7) is 10.9. The number of amides is 1. The Labute approximate surface area is 280 Å². The monoisotopic (exact) mass is 639 g/mol. The number of aliphatic hydroxyl groups excluding tert-OH is 1. The van der Waals surface area contributed by atoms with Crippen molar-refractivity contribution in [3.8, 4) is 17.0 Å². The molecule has 8 nitrogen and oxygen atoms in total. The fourth-order valence-electron chi connectivity index (χ4n) is 9.02.